The second kappa shape index (κ2) is 12.5. The fraction of sp³-hybridized carbons (Fsp3) is 1.00. The Hall–Kier alpha value is -0.240. The van der Waals surface area contributed by atoms with E-state index in [1.807, 2.05) is 0 Å². The largest absolute Gasteiger partial charge is 0.396 e. The lowest BCUT2D eigenvalue weighted by atomic mass is 10.3. The summed E-state index contributed by atoms with van der Waals surface area (Å²) >= 11 is 0. The van der Waals surface area contributed by atoms with Crippen LogP contribution in [0.5, 0.6) is 0 Å². The van der Waals surface area contributed by atoms with Crippen LogP contribution in [-0.4, -0.2) is 75.3 Å². The third-order valence-electron chi connectivity index (χ3n) is 2.81. The maximum absolute atomic E-state index is 8.09. The molecule has 0 bridgehead atoms. The minimum absolute atomic E-state index is 0.195. The van der Waals surface area contributed by atoms with Crippen LogP contribution in [0.2, 0.25) is 0 Å². The number of aliphatic hydroxyl groups is 2. The predicted octanol–water partition coefficient (Wildman–Crippen LogP) is 0.349. The maximum Gasteiger partial charge on any atom is 0.104 e. The average Bonchev–Trinajstić information content (AvgIpc) is 3.34. The molecule has 0 aliphatic carbocycles. The summed E-state index contributed by atoms with van der Waals surface area (Å²) in [5.41, 5.74) is 0. The molecule has 2 N–H and O–H groups in total. The van der Waals surface area contributed by atoms with Crippen molar-refractivity contribution in [3.8, 4) is 0 Å². The highest BCUT2D eigenvalue weighted by molar-refractivity contribution is 4.67. The zero-order valence-corrected chi connectivity index (χ0v) is 12.2. The fourth-order valence-electron chi connectivity index (χ4n) is 1.39. The Balaban J connectivity index is 0.000000286. The summed E-state index contributed by atoms with van der Waals surface area (Å²) in [6, 6.07) is 0. The van der Waals surface area contributed by atoms with Crippen molar-refractivity contribution in [2.45, 2.75) is 37.9 Å². The minimum atomic E-state index is 0.195. The Labute approximate surface area is 121 Å². The standard InChI is InChI=1S/C10H18O4.C4H10O2/c1(3-11-5-9-7-13-9)2-4-12-6-10-8-14-10;5-3-1-2-4-6/h9-10H,1-8H2;5-6H,1-4H2. The summed E-state index contributed by atoms with van der Waals surface area (Å²) < 4.78 is 20.8. The zero-order chi connectivity index (χ0) is 14.5. The summed E-state index contributed by atoms with van der Waals surface area (Å²) in [6.07, 6.45) is 4.35. The lowest BCUT2D eigenvalue weighted by Gasteiger charge is -2.03. The second-order valence-corrected chi connectivity index (χ2v) is 4.92. The van der Waals surface area contributed by atoms with Gasteiger partial charge in [0.25, 0.3) is 0 Å². The Kier molecular flexibility index (Phi) is 11.1. The van der Waals surface area contributed by atoms with Gasteiger partial charge in [-0.1, -0.05) is 0 Å². The van der Waals surface area contributed by atoms with Crippen LogP contribution in [0.4, 0.5) is 0 Å². The maximum atomic E-state index is 8.09. The monoisotopic (exact) mass is 292 g/mol. The van der Waals surface area contributed by atoms with Crippen molar-refractivity contribution in [3.05, 3.63) is 0 Å². The van der Waals surface area contributed by atoms with Crippen LogP contribution in [0, 0.1) is 0 Å². The number of ether oxygens (including phenoxy) is 4. The highest BCUT2D eigenvalue weighted by Crippen LogP contribution is 2.09. The molecule has 2 rings (SSSR count). The van der Waals surface area contributed by atoms with Crippen LogP contribution in [-0.2, 0) is 18.9 Å². The summed E-state index contributed by atoms with van der Waals surface area (Å²) in [7, 11) is 0. The molecule has 2 saturated heterocycles. The molecule has 2 aliphatic rings. The first-order chi connectivity index (χ1) is 9.86. The highest BCUT2D eigenvalue weighted by atomic mass is 16.6. The SMILES string of the molecule is C(CCOCC1CO1)COCC1CO1.OCCCCO. The topological polar surface area (TPSA) is 84.0 Å². The van der Waals surface area contributed by atoms with E-state index >= 15 is 0 Å². The number of rotatable bonds is 12. The van der Waals surface area contributed by atoms with Crippen molar-refractivity contribution in [2.24, 2.45) is 0 Å². The first-order valence-corrected chi connectivity index (χ1v) is 7.47. The van der Waals surface area contributed by atoms with Crippen LogP contribution >= 0.6 is 0 Å². The van der Waals surface area contributed by atoms with Gasteiger partial charge < -0.3 is 29.2 Å². The minimum Gasteiger partial charge on any atom is -0.396 e. The van der Waals surface area contributed by atoms with E-state index in [1.165, 1.54) is 0 Å². The predicted molar refractivity (Wildman–Crippen MR) is 73.8 cm³/mol. The van der Waals surface area contributed by atoms with Crippen molar-refractivity contribution >= 4 is 0 Å². The van der Waals surface area contributed by atoms with E-state index in [9.17, 15) is 0 Å². The molecule has 2 aliphatic heterocycles. The Morgan fingerprint density at radius 3 is 1.45 bits per heavy atom. The Morgan fingerprint density at radius 2 is 1.15 bits per heavy atom. The Bertz CT molecular complexity index is 184. The van der Waals surface area contributed by atoms with Gasteiger partial charge in [-0.2, -0.15) is 0 Å². The number of hydrogen-bond donors (Lipinski definition) is 2. The quantitative estimate of drug-likeness (QED) is 0.399. The molecule has 2 atom stereocenters. The smallest absolute Gasteiger partial charge is 0.104 e. The van der Waals surface area contributed by atoms with Gasteiger partial charge in [0.1, 0.15) is 12.2 Å². The third kappa shape index (κ3) is 12.8. The Morgan fingerprint density at radius 1 is 0.750 bits per heavy atom. The molecule has 0 radical (unpaired) electrons. The average molecular weight is 292 g/mol. The van der Waals surface area contributed by atoms with Gasteiger partial charge in [0.05, 0.1) is 26.4 Å². The van der Waals surface area contributed by atoms with Crippen LogP contribution in [0.25, 0.3) is 0 Å². The van der Waals surface area contributed by atoms with E-state index in [0.717, 1.165) is 65.3 Å². The molecule has 120 valence electrons. The molecule has 0 saturated carbocycles. The van der Waals surface area contributed by atoms with Crippen molar-refractivity contribution in [1.82, 2.24) is 0 Å². The lowest BCUT2D eigenvalue weighted by molar-refractivity contribution is 0.0885. The van der Waals surface area contributed by atoms with Crippen molar-refractivity contribution in [3.63, 3.8) is 0 Å². The van der Waals surface area contributed by atoms with Gasteiger partial charge in [-0.3, -0.25) is 0 Å². The number of unbranched alkanes of at least 4 members (excludes halogenated alkanes) is 2. The summed E-state index contributed by atoms with van der Waals surface area (Å²) in [4.78, 5) is 0. The molecule has 20 heavy (non-hydrogen) atoms. The van der Waals surface area contributed by atoms with E-state index in [1.54, 1.807) is 0 Å². The van der Waals surface area contributed by atoms with Crippen molar-refractivity contribution < 1.29 is 29.2 Å². The molecule has 0 amide bonds. The van der Waals surface area contributed by atoms with Crippen molar-refractivity contribution in [1.29, 1.82) is 0 Å². The van der Waals surface area contributed by atoms with E-state index in [-0.39, 0.29) is 13.2 Å². The van der Waals surface area contributed by atoms with Gasteiger partial charge in [-0.05, 0) is 25.7 Å². The van der Waals surface area contributed by atoms with E-state index in [0.29, 0.717) is 12.2 Å². The normalized spacial score (nSPS) is 23.1. The number of epoxide rings is 2. The molecule has 2 heterocycles. The van der Waals surface area contributed by atoms with Gasteiger partial charge >= 0.3 is 0 Å². The van der Waals surface area contributed by atoms with E-state index in [4.69, 9.17) is 29.2 Å². The first kappa shape index (κ1) is 17.8. The van der Waals surface area contributed by atoms with Gasteiger partial charge in [0.15, 0.2) is 0 Å². The van der Waals surface area contributed by atoms with Gasteiger partial charge in [-0.25, -0.2) is 0 Å². The van der Waals surface area contributed by atoms with E-state index in [2.05, 4.69) is 0 Å². The molecule has 0 aromatic heterocycles. The second-order valence-electron chi connectivity index (χ2n) is 4.92. The van der Waals surface area contributed by atoms with E-state index < -0.39 is 0 Å². The van der Waals surface area contributed by atoms with Gasteiger partial charge in [-0.15, -0.1) is 0 Å². The number of hydrogen-bond acceptors (Lipinski definition) is 6. The molecule has 6 heteroatoms. The molecule has 2 unspecified atom stereocenters. The molecular weight excluding hydrogens is 264 g/mol. The van der Waals surface area contributed by atoms with Gasteiger partial charge in [0.2, 0.25) is 0 Å². The number of aliphatic hydroxyl groups excluding tert-OH is 2. The molecule has 2 fully saturated rings. The van der Waals surface area contributed by atoms with Gasteiger partial charge in [0, 0.05) is 26.4 Å². The molecular formula is C14H28O6. The molecule has 6 nitrogen and oxygen atoms in total. The van der Waals surface area contributed by atoms with Crippen LogP contribution in [0.3, 0.4) is 0 Å². The van der Waals surface area contributed by atoms with Crippen LogP contribution < -0.4 is 0 Å². The van der Waals surface area contributed by atoms with Crippen molar-refractivity contribution in [2.75, 3.05) is 52.9 Å². The molecule has 0 aromatic rings. The summed E-state index contributed by atoms with van der Waals surface area (Å²) in [5.74, 6) is 0. The first-order valence-electron chi connectivity index (χ1n) is 7.47. The molecule has 0 aromatic carbocycles. The lowest BCUT2D eigenvalue weighted by Crippen LogP contribution is -2.05. The zero-order valence-electron chi connectivity index (χ0n) is 12.2. The van der Waals surface area contributed by atoms with Crippen LogP contribution in [0.1, 0.15) is 25.7 Å². The summed E-state index contributed by atoms with van der Waals surface area (Å²) in [5, 5.41) is 16.2. The molecule has 0 spiro atoms. The fourth-order valence-corrected chi connectivity index (χ4v) is 1.39. The van der Waals surface area contributed by atoms with Crippen LogP contribution in [0.15, 0.2) is 0 Å². The summed E-state index contributed by atoms with van der Waals surface area (Å²) in [6.45, 7) is 5.32. The third-order valence-corrected chi connectivity index (χ3v) is 2.81. The highest BCUT2D eigenvalue weighted by Gasteiger charge is 2.22.